The number of carboxylic acid groups (broad SMARTS) is 2. The lowest BCUT2D eigenvalue weighted by atomic mass is 9.88. The molecule has 7 saturated heterocycles. The summed E-state index contributed by atoms with van der Waals surface area (Å²) in [5.74, 6) is -16.6. The van der Waals surface area contributed by atoms with Crippen LogP contribution < -0.4 is 26.6 Å². The maximum absolute atomic E-state index is 14.2. The number of amides is 5. The van der Waals surface area contributed by atoms with Gasteiger partial charge in [-0.15, -0.1) is 0 Å². The first kappa shape index (κ1) is 127. The number of rotatable bonds is 68. The molecule has 7 aliphatic rings. The topological polar surface area (TPSA) is 794 Å². The molecule has 14 unspecified atom stereocenters. The van der Waals surface area contributed by atoms with Crippen LogP contribution in [0.15, 0.2) is 12.2 Å². The van der Waals surface area contributed by atoms with Gasteiger partial charge in [-0.25, -0.2) is 9.59 Å². The van der Waals surface area contributed by atoms with Crippen LogP contribution >= 0.6 is 0 Å². The van der Waals surface area contributed by atoms with Crippen LogP contribution in [-0.4, -0.2) is 462 Å². The third-order valence-electron chi connectivity index (χ3n) is 27.7. The molecule has 0 aromatic heterocycles. The number of allylic oxidation sites excluding steroid dienone is 1. The number of aliphatic hydroxyl groups excluding tert-OH is 22. The summed E-state index contributed by atoms with van der Waals surface area (Å²) >= 11 is 0. The van der Waals surface area contributed by atoms with E-state index in [-0.39, 0.29) is 6.42 Å². The van der Waals surface area contributed by atoms with Gasteiger partial charge in [0.15, 0.2) is 31.5 Å². The molecule has 146 heavy (non-hydrogen) atoms. The number of aliphatic carboxylic acids is 2. The van der Waals surface area contributed by atoms with Gasteiger partial charge in [-0.3, -0.25) is 24.0 Å². The van der Waals surface area contributed by atoms with Crippen molar-refractivity contribution in [1.29, 1.82) is 0 Å². The smallest absolute Gasteiger partial charge is 0.364 e. The van der Waals surface area contributed by atoms with Crippen molar-refractivity contribution in [2.45, 2.75) is 491 Å². The first-order valence-corrected chi connectivity index (χ1v) is 51.9. The molecule has 0 saturated carbocycles. The molecule has 29 N–H and O–H groups in total. The van der Waals surface area contributed by atoms with Crippen molar-refractivity contribution in [2.75, 3.05) is 59.5 Å². The van der Waals surface area contributed by atoms with E-state index in [0.717, 1.165) is 91.4 Å². The van der Waals surface area contributed by atoms with Crippen molar-refractivity contribution >= 4 is 41.5 Å². The van der Waals surface area contributed by atoms with Crippen LogP contribution in [0.3, 0.4) is 0 Å². The van der Waals surface area contributed by atoms with Crippen molar-refractivity contribution in [3.05, 3.63) is 12.2 Å². The summed E-state index contributed by atoms with van der Waals surface area (Å²) in [5.41, 5.74) is 0. The molecule has 0 radical (unpaired) electrons. The molecule has 39 atom stereocenters. The Morgan fingerprint density at radius 2 is 0.712 bits per heavy atom. The molecule has 0 spiro atoms. The van der Waals surface area contributed by atoms with Gasteiger partial charge < -0.3 is 215 Å². The maximum atomic E-state index is 14.2. The largest absolute Gasteiger partial charge is 0.477 e. The van der Waals surface area contributed by atoms with E-state index in [2.05, 4.69) is 40.4 Å². The minimum Gasteiger partial charge on any atom is -0.477 e. The SMILES string of the molecule is CCCCCCCCCCCCC/C=C/[C@@H](O)[C@H](CO[C@@H]1OC(CO)[C@@H](O[C@@H]2OC(CO)[C@H](O[C@@H]3OC(CO)[C@H](O)[C@H](O[C@@H]4OC(CO)[C@H](O[C@@H]5OC(CO)[C@H](O)[C@H](O)C5NC(C)=O)[C@H](O[C@]5(C(=O)O)CC(O)[C@@H](NC(=O)CO)C([C@H](O)[C@H](O)CO)O5)C4O)C3NC(C)=O)[C@H](O[C@]3(C(=O)O)CC(O)[C@@H](NC(C)=O)C([C@H](O)[C@H](O)CO)O3)C2O)[C@H](O)C1O)NC(=O)CCCCCCCCCCCCCCCCCCCCC. The predicted octanol–water partition coefficient (Wildman–Crippen LogP) is -5.37. The van der Waals surface area contributed by atoms with Gasteiger partial charge >= 0.3 is 11.9 Å². The van der Waals surface area contributed by atoms with Crippen molar-refractivity contribution in [3.8, 4) is 0 Å². The number of carbonyl (C=O) groups excluding carboxylic acids is 5. The van der Waals surface area contributed by atoms with E-state index in [0.29, 0.717) is 12.8 Å². The number of aliphatic hydroxyl groups is 22. The van der Waals surface area contributed by atoms with E-state index in [4.69, 9.17) is 66.3 Å². The summed E-state index contributed by atoms with van der Waals surface area (Å²) in [4.78, 5) is 94.2. The van der Waals surface area contributed by atoms with E-state index < -0.39 is 352 Å². The lowest BCUT2D eigenvalue weighted by Gasteiger charge is -2.53. The van der Waals surface area contributed by atoms with Crippen LogP contribution in [0.5, 0.6) is 0 Å². The van der Waals surface area contributed by atoms with Crippen molar-refractivity contribution < 1.29 is 222 Å². The molecule has 7 fully saturated rings. The van der Waals surface area contributed by atoms with E-state index in [9.17, 15) is 156 Å². The summed E-state index contributed by atoms with van der Waals surface area (Å²) in [7, 11) is 0. The Hall–Kier alpha value is -5.41. The highest BCUT2D eigenvalue weighted by molar-refractivity contribution is 5.79. The molecule has 0 aromatic carbocycles. The molecule has 0 aliphatic carbocycles. The van der Waals surface area contributed by atoms with Crippen molar-refractivity contribution in [2.24, 2.45) is 0 Å². The number of ether oxygens (including phenoxy) is 14. The third kappa shape index (κ3) is 37.2. The Morgan fingerprint density at radius 1 is 0.363 bits per heavy atom. The molecular formula is C96H169N5O45. The summed E-state index contributed by atoms with van der Waals surface area (Å²) in [6.07, 6.45) is -39.1. The number of hydrogen-bond acceptors (Lipinski definition) is 43. The summed E-state index contributed by atoms with van der Waals surface area (Å²) in [6.45, 7) is -3.94. The zero-order chi connectivity index (χ0) is 108. The molecule has 7 heterocycles. The predicted molar refractivity (Wildman–Crippen MR) is 504 cm³/mol. The van der Waals surface area contributed by atoms with Gasteiger partial charge in [0.1, 0.15) is 165 Å². The van der Waals surface area contributed by atoms with Crippen LogP contribution in [0, 0.1) is 0 Å². The molecule has 5 amide bonds. The van der Waals surface area contributed by atoms with Gasteiger partial charge in [0.25, 0.3) is 11.6 Å². The number of unbranched alkanes of at least 4 members (excludes halogenated alkanes) is 29. The first-order valence-electron chi connectivity index (χ1n) is 51.9. The summed E-state index contributed by atoms with van der Waals surface area (Å²) in [5, 5.41) is 285. The van der Waals surface area contributed by atoms with Crippen molar-refractivity contribution in [1.82, 2.24) is 26.6 Å². The molecule has 7 rings (SSSR count). The molecule has 0 bridgehead atoms. The van der Waals surface area contributed by atoms with Gasteiger partial charge in [0.05, 0.1) is 89.3 Å². The summed E-state index contributed by atoms with van der Waals surface area (Å²) < 4.78 is 85.9. The van der Waals surface area contributed by atoms with Gasteiger partial charge in [0.2, 0.25) is 29.5 Å². The number of carboxylic acids is 2. The average molecular weight is 2110 g/mol. The lowest BCUT2D eigenvalue weighted by molar-refractivity contribution is -0.408. The van der Waals surface area contributed by atoms with Gasteiger partial charge in [-0.05, 0) is 19.3 Å². The van der Waals surface area contributed by atoms with Crippen LogP contribution in [0.2, 0.25) is 0 Å². The van der Waals surface area contributed by atoms with Gasteiger partial charge in [0, 0.05) is 40.0 Å². The Balaban J connectivity index is 1.21. The minimum atomic E-state index is -3.59. The second-order valence-electron chi connectivity index (χ2n) is 39.2. The van der Waals surface area contributed by atoms with E-state index in [1.165, 1.54) is 122 Å². The van der Waals surface area contributed by atoms with E-state index in [1.807, 2.05) is 0 Å². The van der Waals surface area contributed by atoms with E-state index in [1.54, 1.807) is 6.08 Å². The molecule has 848 valence electrons. The Morgan fingerprint density at radius 3 is 1.11 bits per heavy atom. The zero-order valence-electron chi connectivity index (χ0n) is 84.2. The average Bonchev–Trinajstić information content (AvgIpc) is 0.737. The first-order chi connectivity index (χ1) is 69.7. The molecule has 50 heteroatoms. The Bertz CT molecular complexity index is 3770. The second kappa shape index (κ2) is 65.3. The lowest BCUT2D eigenvalue weighted by Crippen LogP contribution is -2.73. The van der Waals surface area contributed by atoms with Gasteiger partial charge in [-0.2, -0.15) is 0 Å². The van der Waals surface area contributed by atoms with Crippen LogP contribution in [0.1, 0.15) is 253 Å². The fraction of sp³-hybridized carbons (Fsp3) is 0.906. The normalized spacial score (nSPS) is 35.2. The zero-order valence-corrected chi connectivity index (χ0v) is 84.2. The highest BCUT2D eigenvalue weighted by Gasteiger charge is 2.65. The van der Waals surface area contributed by atoms with Crippen LogP contribution in [-0.2, 0) is 99.9 Å². The molecule has 50 nitrogen and oxygen atoms in total. The van der Waals surface area contributed by atoms with Crippen molar-refractivity contribution in [3.63, 3.8) is 0 Å². The fourth-order valence-electron chi connectivity index (χ4n) is 19.5. The van der Waals surface area contributed by atoms with E-state index >= 15 is 0 Å². The Kier molecular flexibility index (Phi) is 57.0. The Labute approximate surface area is 849 Å². The highest BCUT2D eigenvalue weighted by Crippen LogP contribution is 2.45. The highest BCUT2D eigenvalue weighted by atomic mass is 16.8. The minimum absolute atomic E-state index is 0.0708. The third-order valence-corrected chi connectivity index (χ3v) is 27.7. The maximum Gasteiger partial charge on any atom is 0.364 e. The molecule has 0 aromatic rings. The monoisotopic (exact) mass is 2110 g/mol. The molecular weight excluding hydrogens is 1940 g/mol. The fourth-order valence-corrected chi connectivity index (χ4v) is 19.5. The van der Waals surface area contributed by atoms with Crippen LogP contribution in [0.25, 0.3) is 0 Å². The second-order valence-corrected chi connectivity index (χ2v) is 39.2. The standard InChI is InChI=1S/C96H169N5O45/c1-6-8-10-12-14-16-18-20-21-22-23-24-25-27-29-31-33-35-37-39-65(118)100-54(55(113)38-36-34-32-30-28-26-19-17-15-13-11-9-7-2)50-133-90-77(126)76(125)80(62(46-106)136-90)139-91-78(127)86(145-95(93(129)130)40-56(114)67(97-51(3)110)84(143-95)71(120)58(116)42-102)82(64(48-108)137-91)141-89-70(99-53(5)112)83(74(123)61(45-105)135-89)142-92-79(128)87(81(63(47-107)138-92)140-88-69(98-52(4)111)75(124)73(122)60(44-104)134-88)146-96(94(131)132)41-57(115)68(101-66(119)49-109)85(144-96)72(121)59(117)43-103/h36,38,54-64,67-92,102-109,113-117,120-128H,6-35,37,39-50H2,1-5H3,(H,97,110)(H,98,111)(H,99,112)(H,100,118)(H,101,119)(H,129,130)(H,131,132)/b38-36+/t54-,55+,56?,57?,58+,59+,60?,61?,62?,63?,64?,67+,68+,69?,70?,71+,72+,73-,74-,75+,76+,77?,78?,79?,80+,81-,82-,83+,84?,85?,86+,87+,88-,89-,90+,91-,92-,95-,96-/m0/s1. The quantitative estimate of drug-likeness (QED) is 0.0200. The van der Waals surface area contributed by atoms with Crippen LogP contribution in [0.4, 0.5) is 0 Å². The number of nitrogens with one attached hydrogen (secondary N) is 5. The number of carbonyl (C=O) groups is 7. The summed E-state index contributed by atoms with van der Waals surface area (Å²) in [6, 6.07) is -9.38. The number of hydrogen-bond donors (Lipinski definition) is 29. The van der Waals surface area contributed by atoms with Gasteiger partial charge in [-0.1, -0.05) is 206 Å². The molecule has 7 aliphatic heterocycles.